The molecule has 2 rings (SSSR count). The van der Waals surface area contributed by atoms with Crippen LogP contribution in [0.4, 0.5) is 0 Å². The Morgan fingerprint density at radius 3 is 2.65 bits per heavy atom. The highest BCUT2D eigenvalue weighted by Crippen LogP contribution is 2.23. The summed E-state index contributed by atoms with van der Waals surface area (Å²) in [5.41, 5.74) is 0.994. The molecule has 0 amide bonds. The van der Waals surface area contributed by atoms with E-state index in [1.54, 1.807) is 30.3 Å². The van der Waals surface area contributed by atoms with Crippen LogP contribution in [0.1, 0.15) is 5.56 Å². The van der Waals surface area contributed by atoms with Crippen LogP contribution in [0.15, 0.2) is 41.8 Å². The number of nitrogens with zero attached hydrogens (tertiary/aromatic N) is 1. The zero-order valence-electron chi connectivity index (χ0n) is 11.4. The van der Waals surface area contributed by atoms with Gasteiger partial charge in [0.25, 0.3) is 0 Å². The van der Waals surface area contributed by atoms with Crippen LogP contribution in [0.3, 0.4) is 0 Å². The molecule has 1 saturated heterocycles. The monoisotopic (exact) mass is 297 g/mol. The largest absolute Gasteiger partial charge is 0.395 e. The fourth-order valence-electron chi connectivity index (χ4n) is 2.12. The average Bonchev–Trinajstić information content (AvgIpc) is 2.47. The molecular formula is C14H19NO4S. The normalized spacial score (nSPS) is 24.5. The van der Waals surface area contributed by atoms with E-state index in [4.69, 9.17) is 4.74 Å². The molecule has 1 aliphatic heterocycles. The molecule has 0 saturated carbocycles. The Hall–Kier alpha value is -1.21. The van der Waals surface area contributed by atoms with Gasteiger partial charge in [0.2, 0.25) is 10.0 Å². The van der Waals surface area contributed by atoms with Gasteiger partial charge in [-0.2, -0.15) is 4.31 Å². The standard InChI is InChI=1S/C14H19NO4S/c1-3-13-8-15(12(9-16)10-19-13)20(17,18)14-6-4-11(2)5-7-14/h3-7,12-13,16H,1,8-10H2,2H3/t12-,13+/m1/s1. The minimum absolute atomic E-state index is 0.165. The van der Waals surface area contributed by atoms with Crippen LogP contribution in [0, 0.1) is 6.92 Å². The molecule has 1 aromatic carbocycles. The first-order valence-corrected chi connectivity index (χ1v) is 7.86. The molecule has 0 radical (unpaired) electrons. The molecule has 1 aliphatic rings. The van der Waals surface area contributed by atoms with Gasteiger partial charge in [0.1, 0.15) is 0 Å². The molecule has 5 nitrogen and oxygen atoms in total. The number of hydrogen-bond acceptors (Lipinski definition) is 4. The van der Waals surface area contributed by atoms with E-state index in [1.165, 1.54) is 4.31 Å². The lowest BCUT2D eigenvalue weighted by atomic mass is 10.2. The number of benzene rings is 1. The van der Waals surface area contributed by atoms with Crippen LogP contribution in [-0.2, 0) is 14.8 Å². The van der Waals surface area contributed by atoms with E-state index < -0.39 is 16.1 Å². The van der Waals surface area contributed by atoms with E-state index >= 15 is 0 Å². The maximum atomic E-state index is 12.7. The topological polar surface area (TPSA) is 66.8 Å². The fraction of sp³-hybridized carbons (Fsp3) is 0.429. The Morgan fingerprint density at radius 1 is 1.45 bits per heavy atom. The van der Waals surface area contributed by atoms with E-state index in [2.05, 4.69) is 6.58 Å². The molecule has 6 heteroatoms. The number of aryl methyl sites for hydroxylation is 1. The van der Waals surface area contributed by atoms with Gasteiger partial charge in [-0.25, -0.2) is 8.42 Å². The predicted molar refractivity (Wildman–Crippen MR) is 75.9 cm³/mol. The van der Waals surface area contributed by atoms with Gasteiger partial charge >= 0.3 is 0 Å². The molecule has 0 aliphatic carbocycles. The summed E-state index contributed by atoms with van der Waals surface area (Å²) in [5, 5.41) is 9.36. The average molecular weight is 297 g/mol. The molecule has 0 bridgehead atoms. The molecule has 1 N–H and O–H groups in total. The highest BCUT2D eigenvalue weighted by Gasteiger charge is 2.36. The molecule has 1 fully saturated rings. The molecular weight excluding hydrogens is 278 g/mol. The minimum atomic E-state index is -3.64. The van der Waals surface area contributed by atoms with Gasteiger partial charge in [0.15, 0.2) is 0 Å². The summed E-state index contributed by atoms with van der Waals surface area (Å²) < 4.78 is 32.0. The molecule has 1 heterocycles. The van der Waals surface area contributed by atoms with E-state index in [9.17, 15) is 13.5 Å². The Bertz CT molecular complexity index is 567. The van der Waals surface area contributed by atoms with Crippen molar-refractivity contribution in [3.63, 3.8) is 0 Å². The van der Waals surface area contributed by atoms with Crippen molar-refractivity contribution in [3.8, 4) is 0 Å². The number of aliphatic hydroxyl groups is 1. The second kappa shape index (κ2) is 6.05. The van der Waals surface area contributed by atoms with E-state index in [-0.39, 0.29) is 30.8 Å². The van der Waals surface area contributed by atoms with Crippen molar-refractivity contribution in [2.75, 3.05) is 19.8 Å². The molecule has 0 unspecified atom stereocenters. The van der Waals surface area contributed by atoms with Crippen LogP contribution in [0.5, 0.6) is 0 Å². The lowest BCUT2D eigenvalue weighted by Crippen LogP contribution is -2.53. The Labute approximate surface area is 119 Å². The fourth-order valence-corrected chi connectivity index (χ4v) is 3.74. The number of ether oxygens (including phenoxy) is 1. The second-order valence-corrected chi connectivity index (χ2v) is 6.72. The van der Waals surface area contributed by atoms with Gasteiger partial charge < -0.3 is 9.84 Å². The Morgan fingerprint density at radius 2 is 2.10 bits per heavy atom. The Balaban J connectivity index is 2.34. The summed E-state index contributed by atoms with van der Waals surface area (Å²) in [6.45, 7) is 5.59. The van der Waals surface area contributed by atoms with Gasteiger partial charge in [0, 0.05) is 6.54 Å². The van der Waals surface area contributed by atoms with Crippen LogP contribution < -0.4 is 0 Å². The third-order valence-electron chi connectivity index (χ3n) is 3.37. The summed E-state index contributed by atoms with van der Waals surface area (Å²) in [6.07, 6.45) is 1.23. The number of hydrogen-bond donors (Lipinski definition) is 1. The first kappa shape index (κ1) is 15.2. The molecule has 0 spiro atoms. The number of sulfonamides is 1. The summed E-state index contributed by atoms with van der Waals surface area (Å²) in [6, 6.07) is 6.12. The van der Waals surface area contributed by atoms with E-state index in [0.717, 1.165) is 5.56 Å². The maximum Gasteiger partial charge on any atom is 0.243 e. The van der Waals surface area contributed by atoms with Crippen molar-refractivity contribution < 1.29 is 18.3 Å². The molecule has 2 atom stereocenters. The first-order valence-electron chi connectivity index (χ1n) is 6.42. The van der Waals surface area contributed by atoms with E-state index in [1.807, 2.05) is 6.92 Å². The van der Waals surface area contributed by atoms with Crippen molar-refractivity contribution in [2.24, 2.45) is 0 Å². The highest BCUT2D eigenvalue weighted by molar-refractivity contribution is 7.89. The zero-order chi connectivity index (χ0) is 14.8. The smallest absolute Gasteiger partial charge is 0.243 e. The SMILES string of the molecule is C=C[C@H]1CN(S(=O)(=O)c2ccc(C)cc2)[C@H](CO)CO1. The lowest BCUT2D eigenvalue weighted by molar-refractivity contribution is -0.0235. The zero-order valence-corrected chi connectivity index (χ0v) is 12.2. The van der Waals surface area contributed by atoms with Crippen molar-refractivity contribution in [2.45, 2.75) is 24.0 Å². The van der Waals surface area contributed by atoms with Gasteiger partial charge in [-0.15, -0.1) is 6.58 Å². The molecule has 1 aromatic rings. The number of aliphatic hydroxyl groups excluding tert-OH is 1. The van der Waals surface area contributed by atoms with Crippen molar-refractivity contribution in [3.05, 3.63) is 42.5 Å². The molecule has 0 aromatic heterocycles. The van der Waals surface area contributed by atoms with Gasteiger partial charge in [-0.1, -0.05) is 23.8 Å². The first-order chi connectivity index (χ1) is 9.48. The lowest BCUT2D eigenvalue weighted by Gasteiger charge is -2.36. The summed E-state index contributed by atoms with van der Waals surface area (Å²) in [7, 11) is -3.64. The number of rotatable bonds is 4. The quantitative estimate of drug-likeness (QED) is 0.840. The van der Waals surface area contributed by atoms with Gasteiger partial charge in [-0.3, -0.25) is 0 Å². The summed E-state index contributed by atoms with van der Waals surface area (Å²) in [4.78, 5) is 0.228. The Kier molecular flexibility index (Phi) is 4.59. The van der Waals surface area contributed by atoms with Crippen LogP contribution in [0.25, 0.3) is 0 Å². The van der Waals surface area contributed by atoms with Crippen LogP contribution >= 0.6 is 0 Å². The third-order valence-corrected chi connectivity index (χ3v) is 5.30. The minimum Gasteiger partial charge on any atom is -0.395 e. The van der Waals surface area contributed by atoms with Gasteiger partial charge in [-0.05, 0) is 19.1 Å². The van der Waals surface area contributed by atoms with Crippen LogP contribution in [-0.4, -0.2) is 49.7 Å². The van der Waals surface area contributed by atoms with Crippen molar-refractivity contribution in [1.29, 1.82) is 0 Å². The molecule has 110 valence electrons. The summed E-state index contributed by atoms with van der Waals surface area (Å²) >= 11 is 0. The maximum absolute atomic E-state index is 12.7. The molecule has 20 heavy (non-hydrogen) atoms. The van der Waals surface area contributed by atoms with E-state index in [0.29, 0.717) is 0 Å². The summed E-state index contributed by atoms with van der Waals surface area (Å²) in [5.74, 6) is 0. The van der Waals surface area contributed by atoms with Crippen molar-refractivity contribution >= 4 is 10.0 Å². The second-order valence-electron chi connectivity index (χ2n) is 4.83. The third kappa shape index (κ3) is 2.93. The predicted octanol–water partition coefficient (Wildman–Crippen LogP) is 0.931. The van der Waals surface area contributed by atoms with Crippen LogP contribution in [0.2, 0.25) is 0 Å². The van der Waals surface area contributed by atoms with Crippen molar-refractivity contribution in [1.82, 2.24) is 4.31 Å². The highest BCUT2D eigenvalue weighted by atomic mass is 32.2. The number of morpholine rings is 1. The van der Waals surface area contributed by atoms with Gasteiger partial charge in [0.05, 0.1) is 30.3 Å².